The van der Waals surface area contributed by atoms with Crippen molar-refractivity contribution >= 4 is 23.4 Å². The summed E-state index contributed by atoms with van der Waals surface area (Å²) in [6, 6.07) is 14.5. The minimum atomic E-state index is -0.490. The minimum absolute atomic E-state index is 0.0201. The van der Waals surface area contributed by atoms with Crippen LogP contribution in [0.2, 0.25) is 0 Å². The number of benzene rings is 2. The summed E-state index contributed by atoms with van der Waals surface area (Å²) < 4.78 is 11.0. The van der Waals surface area contributed by atoms with E-state index in [9.17, 15) is 14.4 Å². The SMILES string of the molecule is CCOc1ccc(NC(=O)CCC(=O)NNC(=O)COc2ccccc2C(C)CC)cc1. The number of ether oxygens (including phenoxy) is 2. The first kappa shape index (κ1) is 24.7. The molecule has 0 aliphatic carbocycles. The van der Waals surface area contributed by atoms with Crippen LogP contribution < -0.4 is 25.6 Å². The van der Waals surface area contributed by atoms with Gasteiger partial charge in [0, 0.05) is 18.5 Å². The van der Waals surface area contributed by atoms with E-state index in [-0.39, 0.29) is 25.4 Å². The monoisotopic (exact) mass is 441 g/mol. The number of para-hydroxylation sites is 1. The van der Waals surface area contributed by atoms with E-state index in [0.29, 0.717) is 29.7 Å². The van der Waals surface area contributed by atoms with E-state index < -0.39 is 11.8 Å². The van der Waals surface area contributed by atoms with Crippen molar-refractivity contribution in [3.8, 4) is 11.5 Å². The number of rotatable bonds is 11. The Kier molecular flexibility index (Phi) is 10.0. The van der Waals surface area contributed by atoms with Gasteiger partial charge in [-0.15, -0.1) is 0 Å². The van der Waals surface area contributed by atoms with Gasteiger partial charge in [-0.3, -0.25) is 25.2 Å². The molecule has 0 saturated heterocycles. The molecule has 0 fully saturated rings. The summed E-state index contributed by atoms with van der Waals surface area (Å²) in [5.41, 5.74) is 6.24. The third-order valence-electron chi connectivity index (χ3n) is 4.79. The second kappa shape index (κ2) is 13.0. The van der Waals surface area contributed by atoms with Crippen LogP contribution in [-0.2, 0) is 14.4 Å². The van der Waals surface area contributed by atoms with Gasteiger partial charge in [-0.05, 0) is 55.2 Å². The van der Waals surface area contributed by atoms with Crippen molar-refractivity contribution in [2.75, 3.05) is 18.5 Å². The van der Waals surface area contributed by atoms with Gasteiger partial charge in [0.05, 0.1) is 6.61 Å². The Morgan fingerprint density at radius 1 is 0.844 bits per heavy atom. The van der Waals surface area contributed by atoms with Crippen molar-refractivity contribution in [3.63, 3.8) is 0 Å². The molecule has 2 aromatic carbocycles. The summed E-state index contributed by atoms with van der Waals surface area (Å²) in [5.74, 6) is 0.405. The molecule has 0 aromatic heterocycles. The van der Waals surface area contributed by atoms with Crippen molar-refractivity contribution in [1.29, 1.82) is 0 Å². The first-order chi connectivity index (χ1) is 15.4. The molecule has 3 N–H and O–H groups in total. The van der Waals surface area contributed by atoms with Crippen LogP contribution in [0.1, 0.15) is 51.5 Å². The largest absolute Gasteiger partial charge is 0.494 e. The molecule has 2 rings (SSSR count). The average molecular weight is 442 g/mol. The standard InChI is InChI=1S/C24H31N3O5/c1-4-17(3)20-8-6-7-9-21(20)32-16-24(30)27-26-23(29)15-14-22(28)25-18-10-12-19(13-11-18)31-5-2/h6-13,17H,4-5,14-16H2,1-3H3,(H,25,28)(H,26,29)(H,27,30). The highest BCUT2D eigenvalue weighted by atomic mass is 16.5. The zero-order valence-corrected chi connectivity index (χ0v) is 18.8. The van der Waals surface area contributed by atoms with Crippen LogP contribution in [0.15, 0.2) is 48.5 Å². The van der Waals surface area contributed by atoms with E-state index in [4.69, 9.17) is 9.47 Å². The quantitative estimate of drug-likeness (QED) is 0.463. The average Bonchev–Trinajstić information content (AvgIpc) is 2.81. The van der Waals surface area contributed by atoms with Crippen molar-refractivity contribution in [2.24, 2.45) is 0 Å². The molecule has 8 nitrogen and oxygen atoms in total. The van der Waals surface area contributed by atoms with Gasteiger partial charge in [-0.25, -0.2) is 0 Å². The fraction of sp³-hybridized carbons (Fsp3) is 0.375. The molecule has 1 atom stereocenters. The lowest BCUT2D eigenvalue weighted by atomic mass is 9.98. The zero-order chi connectivity index (χ0) is 23.3. The first-order valence-electron chi connectivity index (χ1n) is 10.7. The molecule has 0 spiro atoms. The number of anilines is 1. The van der Waals surface area contributed by atoms with Gasteiger partial charge < -0.3 is 14.8 Å². The molecule has 0 bridgehead atoms. The van der Waals surface area contributed by atoms with Gasteiger partial charge in [0.25, 0.3) is 5.91 Å². The fourth-order valence-electron chi connectivity index (χ4n) is 2.87. The lowest BCUT2D eigenvalue weighted by molar-refractivity contribution is -0.130. The van der Waals surface area contributed by atoms with Gasteiger partial charge >= 0.3 is 0 Å². The first-order valence-corrected chi connectivity index (χ1v) is 10.7. The zero-order valence-electron chi connectivity index (χ0n) is 18.8. The summed E-state index contributed by atoms with van der Waals surface area (Å²) in [4.78, 5) is 35.9. The van der Waals surface area contributed by atoms with Gasteiger partial charge in [-0.1, -0.05) is 32.0 Å². The van der Waals surface area contributed by atoms with E-state index in [1.807, 2.05) is 31.2 Å². The second-order valence-electron chi connectivity index (χ2n) is 7.24. The third-order valence-corrected chi connectivity index (χ3v) is 4.79. The van der Waals surface area contributed by atoms with Crippen LogP contribution in [0.3, 0.4) is 0 Å². The molecule has 2 aromatic rings. The molecule has 0 radical (unpaired) electrons. The van der Waals surface area contributed by atoms with Crippen LogP contribution >= 0.6 is 0 Å². The maximum atomic E-state index is 12.0. The lowest BCUT2D eigenvalue weighted by Crippen LogP contribution is -2.44. The second-order valence-corrected chi connectivity index (χ2v) is 7.24. The normalized spacial score (nSPS) is 11.2. The predicted molar refractivity (Wildman–Crippen MR) is 122 cm³/mol. The van der Waals surface area contributed by atoms with E-state index in [2.05, 4.69) is 30.0 Å². The Labute approximate surface area is 188 Å². The fourth-order valence-corrected chi connectivity index (χ4v) is 2.87. The summed E-state index contributed by atoms with van der Waals surface area (Å²) in [7, 11) is 0. The Hall–Kier alpha value is -3.55. The van der Waals surface area contributed by atoms with Crippen molar-refractivity contribution < 1.29 is 23.9 Å². The highest BCUT2D eigenvalue weighted by Crippen LogP contribution is 2.28. The lowest BCUT2D eigenvalue weighted by Gasteiger charge is -2.15. The van der Waals surface area contributed by atoms with E-state index in [1.165, 1.54) is 0 Å². The minimum Gasteiger partial charge on any atom is -0.494 e. The topological polar surface area (TPSA) is 106 Å². The number of hydrazine groups is 1. The molecule has 0 aliphatic rings. The highest BCUT2D eigenvalue weighted by molar-refractivity contribution is 5.93. The van der Waals surface area contributed by atoms with Gasteiger partial charge in [0.2, 0.25) is 11.8 Å². The van der Waals surface area contributed by atoms with Gasteiger partial charge in [0.15, 0.2) is 6.61 Å². The molecule has 0 aliphatic heterocycles. The van der Waals surface area contributed by atoms with Crippen LogP contribution in [0.5, 0.6) is 11.5 Å². The summed E-state index contributed by atoms with van der Waals surface area (Å²) in [6.07, 6.45) is 0.864. The maximum Gasteiger partial charge on any atom is 0.276 e. The number of carbonyl (C=O) groups excluding carboxylic acids is 3. The number of amides is 3. The summed E-state index contributed by atoms with van der Waals surface area (Å²) in [6.45, 7) is 6.40. The number of hydrogen-bond donors (Lipinski definition) is 3. The third kappa shape index (κ3) is 8.29. The van der Waals surface area contributed by atoms with Gasteiger partial charge in [-0.2, -0.15) is 0 Å². The Morgan fingerprint density at radius 2 is 1.50 bits per heavy atom. The molecule has 172 valence electrons. The van der Waals surface area contributed by atoms with Crippen LogP contribution in [0.4, 0.5) is 5.69 Å². The predicted octanol–water partition coefficient (Wildman–Crippen LogP) is 3.54. The van der Waals surface area contributed by atoms with E-state index >= 15 is 0 Å². The smallest absolute Gasteiger partial charge is 0.276 e. The van der Waals surface area contributed by atoms with Gasteiger partial charge in [0.1, 0.15) is 11.5 Å². The highest BCUT2D eigenvalue weighted by Gasteiger charge is 2.12. The Bertz CT molecular complexity index is 899. The number of carbonyl (C=O) groups is 3. The van der Waals surface area contributed by atoms with Crippen molar-refractivity contribution in [3.05, 3.63) is 54.1 Å². The van der Waals surface area contributed by atoms with Crippen molar-refractivity contribution in [1.82, 2.24) is 10.9 Å². The maximum absolute atomic E-state index is 12.0. The molecule has 0 heterocycles. The molecule has 0 saturated carbocycles. The molecular formula is C24H31N3O5. The van der Waals surface area contributed by atoms with E-state index in [1.54, 1.807) is 24.3 Å². The Morgan fingerprint density at radius 3 is 2.19 bits per heavy atom. The summed E-state index contributed by atoms with van der Waals surface area (Å²) in [5, 5.41) is 2.71. The molecule has 8 heteroatoms. The molecular weight excluding hydrogens is 410 g/mol. The van der Waals surface area contributed by atoms with Crippen LogP contribution in [0.25, 0.3) is 0 Å². The number of hydrogen-bond acceptors (Lipinski definition) is 5. The molecule has 1 unspecified atom stereocenters. The van der Waals surface area contributed by atoms with E-state index in [0.717, 1.165) is 12.0 Å². The van der Waals surface area contributed by atoms with Crippen molar-refractivity contribution in [2.45, 2.75) is 46.0 Å². The Balaban J connectivity index is 1.68. The number of nitrogens with one attached hydrogen (secondary N) is 3. The molecule has 32 heavy (non-hydrogen) atoms. The van der Waals surface area contributed by atoms with Crippen LogP contribution in [-0.4, -0.2) is 30.9 Å². The summed E-state index contributed by atoms with van der Waals surface area (Å²) >= 11 is 0. The molecule has 3 amide bonds. The van der Waals surface area contributed by atoms with Crippen LogP contribution in [0, 0.1) is 0 Å².